The minimum absolute atomic E-state index is 0.0771. The maximum absolute atomic E-state index is 13.6. The van der Waals surface area contributed by atoms with E-state index in [1.165, 1.54) is 0 Å². The van der Waals surface area contributed by atoms with Gasteiger partial charge < -0.3 is 4.42 Å². The van der Waals surface area contributed by atoms with Crippen LogP contribution in [-0.4, -0.2) is 14.4 Å². The zero-order chi connectivity index (χ0) is 18.1. The van der Waals surface area contributed by atoms with Crippen molar-refractivity contribution in [1.29, 1.82) is 0 Å². The smallest absolute Gasteiger partial charge is 0.422 e. The van der Waals surface area contributed by atoms with Gasteiger partial charge in [-0.3, -0.25) is 4.40 Å². The first-order chi connectivity index (χ1) is 12.4. The monoisotopic (exact) mass is 355 g/mol. The van der Waals surface area contributed by atoms with E-state index in [1.54, 1.807) is 53.1 Å². The topological polar surface area (TPSA) is 60.4 Å². The summed E-state index contributed by atoms with van der Waals surface area (Å²) in [6, 6.07) is 11.6. The molecule has 0 aliphatic heterocycles. The molecule has 0 atom stereocenters. The fraction of sp³-hybridized carbons (Fsp3) is 0.0556. The van der Waals surface area contributed by atoms with Gasteiger partial charge in [-0.2, -0.15) is 13.2 Å². The van der Waals surface area contributed by atoms with Crippen LogP contribution in [0.3, 0.4) is 0 Å². The Hall–Kier alpha value is -3.42. The molecule has 0 aliphatic carbocycles. The van der Waals surface area contributed by atoms with Crippen molar-refractivity contribution in [2.24, 2.45) is 0 Å². The van der Waals surface area contributed by atoms with E-state index in [1.807, 2.05) is 0 Å². The Balaban J connectivity index is 2.22. The Morgan fingerprint density at radius 2 is 1.73 bits per heavy atom. The number of rotatable bonds is 0. The molecule has 0 spiro atoms. The maximum Gasteiger partial charge on any atom is 0.434 e. The summed E-state index contributed by atoms with van der Waals surface area (Å²) in [6.07, 6.45) is -3.15. The molecule has 26 heavy (non-hydrogen) atoms. The highest BCUT2D eigenvalue weighted by Crippen LogP contribution is 2.37. The number of aromatic nitrogens is 3. The molecule has 5 aromatic rings. The van der Waals surface area contributed by atoms with Gasteiger partial charge in [0.25, 0.3) is 0 Å². The zero-order valence-corrected chi connectivity index (χ0v) is 12.9. The molecule has 4 heterocycles. The van der Waals surface area contributed by atoms with Crippen LogP contribution in [0.15, 0.2) is 57.9 Å². The summed E-state index contributed by atoms with van der Waals surface area (Å²) >= 11 is 0. The average Bonchev–Trinajstić information content (AvgIpc) is 2.98. The molecule has 5 rings (SSSR count). The summed E-state index contributed by atoms with van der Waals surface area (Å²) < 4.78 is 47.6. The van der Waals surface area contributed by atoms with E-state index in [4.69, 9.17) is 4.42 Å². The number of imidazole rings is 1. The second kappa shape index (κ2) is 4.81. The van der Waals surface area contributed by atoms with Gasteiger partial charge in [-0.1, -0.05) is 24.3 Å². The Labute approximate surface area is 142 Å². The molecule has 4 aromatic heterocycles. The number of para-hydroxylation sites is 1. The van der Waals surface area contributed by atoms with Crippen molar-refractivity contribution in [1.82, 2.24) is 14.4 Å². The van der Waals surface area contributed by atoms with Crippen LogP contribution in [0.5, 0.6) is 0 Å². The standard InChI is InChI=1S/C18H8F3N3O2/c19-18(20,21)15-13-12(9-5-1-2-6-10(9)26-17(13)25)14-16(23-15)22-11-7-3-4-8-24(11)14/h1-8H. The second-order valence-corrected chi connectivity index (χ2v) is 5.81. The van der Waals surface area contributed by atoms with Crippen LogP contribution in [0.25, 0.3) is 38.6 Å². The number of benzene rings is 1. The van der Waals surface area contributed by atoms with Gasteiger partial charge in [0.05, 0.1) is 0 Å². The quantitative estimate of drug-likeness (QED) is 0.309. The summed E-state index contributed by atoms with van der Waals surface area (Å²) in [7, 11) is 0. The molecule has 0 fully saturated rings. The van der Waals surface area contributed by atoms with Gasteiger partial charge in [0.1, 0.15) is 22.1 Å². The Morgan fingerprint density at radius 1 is 0.962 bits per heavy atom. The van der Waals surface area contributed by atoms with Crippen molar-refractivity contribution in [3.05, 3.63) is 64.8 Å². The molecule has 0 saturated carbocycles. The lowest BCUT2D eigenvalue weighted by Crippen LogP contribution is -2.15. The molecule has 0 amide bonds. The molecule has 8 heteroatoms. The second-order valence-electron chi connectivity index (χ2n) is 5.81. The number of fused-ring (bicyclic) bond motifs is 7. The first kappa shape index (κ1) is 14.9. The third-order valence-corrected chi connectivity index (χ3v) is 4.28. The van der Waals surface area contributed by atoms with Crippen molar-refractivity contribution in [2.75, 3.05) is 0 Å². The molecule has 0 radical (unpaired) electrons. The predicted octanol–water partition coefficient (Wildman–Crippen LogP) is 4.16. The number of alkyl halides is 3. The van der Waals surface area contributed by atoms with Gasteiger partial charge in [0.15, 0.2) is 11.3 Å². The summed E-state index contributed by atoms with van der Waals surface area (Å²) in [4.78, 5) is 20.3. The highest BCUT2D eigenvalue weighted by atomic mass is 19.4. The average molecular weight is 355 g/mol. The van der Waals surface area contributed by atoms with Crippen molar-refractivity contribution in [3.8, 4) is 0 Å². The number of pyridine rings is 2. The number of halogens is 3. The lowest BCUT2D eigenvalue weighted by Gasteiger charge is -2.11. The largest absolute Gasteiger partial charge is 0.434 e. The van der Waals surface area contributed by atoms with E-state index in [-0.39, 0.29) is 16.6 Å². The fourth-order valence-corrected chi connectivity index (χ4v) is 3.27. The molecular formula is C18H8F3N3O2. The number of nitrogens with zero attached hydrogens (tertiary/aromatic N) is 3. The molecule has 0 aliphatic rings. The minimum atomic E-state index is -4.82. The Kier molecular flexibility index (Phi) is 2.75. The van der Waals surface area contributed by atoms with Gasteiger partial charge in [0, 0.05) is 17.0 Å². The molecule has 0 N–H and O–H groups in total. The molecular weight excluding hydrogens is 347 g/mol. The van der Waals surface area contributed by atoms with E-state index in [9.17, 15) is 18.0 Å². The maximum atomic E-state index is 13.6. The van der Waals surface area contributed by atoms with Gasteiger partial charge in [-0.05, 0) is 18.2 Å². The van der Waals surface area contributed by atoms with E-state index < -0.39 is 22.9 Å². The zero-order valence-electron chi connectivity index (χ0n) is 12.9. The van der Waals surface area contributed by atoms with Gasteiger partial charge in [-0.25, -0.2) is 14.8 Å². The number of hydrogen-bond donors (Lipinski definition) is 0. The van der Waals surface area contributed by atoms with Crippen LogP contribution in [0.2, 0.25) is 0 Å². The van der Waals surface area contributed by atoms with Crippen LogP contribution in [-0.2, 0) is 6.18 Å². The molecule has 0 saturated heterocycles. The van der Waals surface area contributed by atoms with Gasteiger partial charge >= 0.3 is 11.8 Å². The molecule has 1 aromatic carbocycles. The highest BCUT2D eigenvalue weighted by molar-refractivity contribution is 6.17. The number of hydrogen-bond acceptors (Lipinski definition) is 4. The van der Waals surface area contributed by atoms with Crippen LogP contribution in [0.1, 0.15) is 5.69 Å². The molecule has 0 unspecified atom stereocenters. The lowest BCUT2D eigenvalue weighted by molar-refractivity contribution is -0.139. The van der Waals surface area contributed by atoms with E-state index in [0.717, 1.165) is 0 Å². The third kappa shape index (κ3) is 1.89. The fourth-order valence-electron chi connectivity index (χ4n) is 3.27. The summed E-state index contributed by atoms with van der Waals surface area (Å²) in [6.45, 7) is 0. The SMILES string of the molecule is O=c1oc2ccccc2c2c1c(C(F)(F)F)nc1nc3ccccn3c12. The van der Waals surface area contributed by atoms with Gasteiger partial charge in [0.2, 0.25) is 0 Å². The van der Waals surface area contributed by atoms with Crippen LogP contribution < -0.4 is 5.63 Å². The van der Waals surface area contributed by atoms with Gasteiger partial charge in [-0.15, -0.1) is 0 Å². The van der Waals surface area contributed by atoms with Crippen molar-refractivity contribution < 1.29 is 17.6 Å². The van der Waals surface area contributed by atoms with Crippen LogP contribution in [0, 0.1) is 0 Å². The van der Waals surface area contributed by atoms with Crippen LogP contribution in [0.4, 0.5) is 13.2 Å². The first-order valence-corrected chi connectivity index (χ1v) is 7.65. The van der Waals surface area contributed by atoms with E-state index >= 15 is 0 Å². The van der Waals surface area contributed by atoms with Crippen molar-refractivity contribution in [3.63, 3.8) is 0 Å². The predicted molar refractivity (Wildman–Crippen MR) is 89.0 cm³/mol. The van der Waals surface area contributed by atoms with E-state index in [0.29, 0.717) is 16.6 Å². The summed E-state index contributed by atoms with van der Waals surface area (Å²) in [5.74, 6) is 0. The minimum Gasteiger partial charge on any atom is -0.422 e. The van der Waals surface area contributed by atoms with Crippen LogP contribution >= 0.6 is 0 Å². The molecule has 0 bridgehead atoms. The highest BCUT2D eigenvalue weighted by Gasteiger charge is 2.38. The normalized spacial score (nSPS) is 12.6. The summed E-state index contributed by atoms with van der Waals surface area (Å²) in [5.41, 5.74) is -1.46. The third-order valence-electron chi connectivity index (χ3n) is 4.28. The lowest BCUT2D eigenvalue weighted by atomic mass is 10.1. The molecule has 5 nitrogen and oxygen atoms in total. The first-order valence-electron chi connectivity index (χ1n) is 7.65. The summed E-state index contributed by atoms with van der Waals surface area (Å²) in [5, 5.41) is -0.0621. The van der Waals surface area contributed by atoms with Crippen molar-refractivity contribution in [2.45, 2.75) is 6.18 Å². The van der Waals surface area contributed by atoms with E-state index in [2.05, 4.69) is 9.97 Å². The molecule has 128 valence electrons. The Morgan fingerprint density at radius 3 is 2.54 bits per heavy atom. The Bertz CT molecular complexity index is 1400. The van der Waals surface area contributed by atoms with Crippen molar-refractivity contribution >= 4 is 38.6 Å².